The van der Waals surface area contributed by atoms with Crippen molar-refractivity contribution >= 4 is 21.8 Å². The maximum absolute atomic E-state index is 11.8. The number of benzene rings is 1. The third-order valence-electron chi connectivity index (χ3n) is 4.02. The SMILES string of the molecule is O=C1CN(c2ccc(CC3CCCCN3)cc2O)S(=O)(=O)N1. The highest BCUT2D eigenvalue weighted by atomic mass is 32.2. The lowest BCUT2D eigenvalue weighted by Gasteiger charge is -2.24. The topological polar surface area (TPSA) is 98.7 Å². The minimum atomic E-state index is -3.89. The van der Waals surface area contributed by atoms with Gasteiger partial charge in [-0.2, -0.15) is 8.42 Å². The molecule has 7 nitrogen and oxygen atoms in total. The highest BCUT2D eigenvalue weighted by Crippen LogP contribution is 2.31. The Bertz CT molecular complexity index is 683. The Hall–Kier alpha value is -1.80. The summed E-state index contributed by atoms with van der Waals surface area (Å²) >= 11 is 0. The molecule has 0 aromatic heterocycles. The molecule has 2 saturated heterocycles. The summed E-state index contributed by atoms with van der Waals surface area (Å²) in [4.78, 5) is 11.3. The molecule has 0 spiro atoms. The van der Waals surface area contributed by atoms with Crippen molar-refractivity contribution in [1.82, 2.24) is 10.0 Å². The first-order valence-corrected chi connectivity index (χ1v) is 8.78. The predicted octanol–water partition coefficient (Wildman–Crippen LogP) is 0.258. The van der Waals surface area contributed by atoms with Gasteiger partial charge in [0.1, 0.15) is 12.3 Å². The number of hydrogen-bond acceptors (Lipinski definition) is 5. The van der Waals surface area contributed by atoms with Crippen LogP contribution in [-0.4, -0.2) is 38.6 Å². The van der Waals surface area contributed by atoms with Crippen molar-refractivity contribution in [3.63, 3.8) is 0 Å². The summed E-state index contributed by atoms with van der Waals surface area (Å²) in [7, 11) is -3.89. The van der Waals surface area contributed by atoms with Crippen molar-refractivity contribution in [1.29, 1.82) is 0 Å². The van der Waals surface area contributed by atoms with Crippen molar-refractivity contribution in [3.05, 3.63) is 23.8 Å². The number of nitrogens with one attached hydrogen (secondary N) is 2. The Morgan fingerprint density at radius 3 is 2.73 bits per heavy atom. The average molecular weight is 325 g/mol. The van der Waals surface area contributed by atoms with Crippen LogP contribution < -0.4 is 14.3 Å². The molecular formula is C14H19N3O4S. The second-order valence-corrected chi connectivity index (χ2v) is 7.31. The summed E-state index contributed by atoms with van der Waals surface area (Å²) < 4.78 is 26.4. The predicted molar refractivity (Wildman–Crippen MR) is 81.9 cm³/mol. The van der Waals surface area contributed by atoms with Crippen LogP contribution in [0, 0.1) is 0 Å². The molecule has 1 aromatic rings. The third-order valence-corrected chi connectivity index (χ3v) is 5.41. The molecule has 0 saturated carbocycles. The van der Waals surface area contributed by atoms with E-state index in [0.29, 0.717) is 6.04 Å². The Labute approximate surface area is 129 Å². The standard InChI is InChI=1S/C14H19N3O4S/c18-13-8-10(7-11-3-1-2-6-15-11)4-5-12(13)17-9-14(19)16-22(17,20)21/h4-5,8,11,15,18H,1-3,6-7,9H2,(H,16,19). The Kier molecular flexibility index (Phi) is 3.96. The minimum Gasteiger partial charge on any atom is -0.506 e. The van der Waals surface area contributed by atoms with Crippen LogP contribution in [0.2, 0.25) is 0 Å². The van der Waals surface area contributed by atoms with Crippen molar-refractivity contribution in [2.24, 2.45) is 0 Å². The molecule has 120 valence electrons. The van der Waals surface area contributed by atoms with Crippen LogP contribution in [0.3, 0.4) is 0 Å². The molecule has 2 heterocycles. The summed E-state index contributed by atoms with van der Waals surface area (Å²) in [5, 5.41) is 13.6. The molecule has 2 fully saturated rings. The number of anilines is 1. The Morgan fingerprint density at radius 1 is 1.32 bits per heavy atom. The molecule has 0 aliphatic carbocycles. The number of hydrogen-bond donors (Lipinski definition) is 3. The van der Waals surface area contributed by atoms with Crippen molar-refractivity contribution in [3.8, 4) is 5.75 Å². The van der Waals surface area contributed by atoms with Gasteiger partial charge in [0.2, 0.25) is 0 Å². The zero-order valence-corrected chi connectivity index (χ0v) is 12.9. The van der Waals surface area contributed by atoms with Gasteiger partial charge in [0.15, 0.2) is 0 Å². The molecule has 0 bridgehead atoms. The molecule has 1 aromatic carbocycles. The zero-order valence-electron chi connectivity index (χ0n) is 12.1. The molecule has 1 unspecified atom stereocenters. The molecule has 8 heteroatoms. The summed E-state index contributed by atoms with van der Waals surface area (Å²) in [5.41, 5.74) is 1.07. The maximum Gasteiger partial charge on any atom is 0.326 e. The summed E-state index contributed by atoms with van der Waals surface area (Å²) in [6.07, 6.45) is 4.27. The van der Waals surface area contributed by atoms with Crippen molar-refractivity contribution in [2.45, 2.75) is 31.7 Å². The minimum absolute atomic E-state index is 0.124. The number of amides is 1. The monoisotopic (exact) mass is 325 g/mol. The molecule has 2 aliphatic heterocycles. The zero-order chi connectivity index (χ0) is 15.7. The van der Waals surface area contributed by atoms with Gasteiger partial charge < -0.3 is 10.4 Å². The van der Waals surface area contributed by atoms with Gasteiger partial charge in [0.05, 0.1) is 5.69 Å². The summed E-state index contributed by atoms with van der Waals surface area (Å²) in [6.45, 7) is 0.702. The quantitative estimate of drug-likeness (QED) is 0.740. The average Bonchev–Trinajstić information content (AvgIpc) is 2.73. The molecule has 1 atom stereocenters. The van der Waals surface area contributed by atoms with Gasteiger partial charge in [-0.05, 0) is 43.5 Å². The number of phenolic OH excluding ortho intramolecular Hbond substituents is 1. The van der Waals surface area contributed by atoms with Crippen LogP contribution in [0.1, 0.15) is 24.8 Å². The number of phenols is 1. The molecule has 2 aliphatic rings. The smallest absolute Gasteiger partial charge is 0.326 e. The summed E-state index contributed by atoms with van der Waals surface area (Å²) in [6, 6.07) is 5.30. The van der Waals surface area contributed by atoms with E-state index in [9.17, 15) is 18.3 Å². The number of rotatable bonds is 3. The van der Waals surface area contributed by atoms with E-state index in [1.165, 1.54) is 12.8 Å². The fraction of sp³-hybridized carbons (Fsp3) is 0.500. The van der Waals surface area contributed by atoms with Gasteiger partial charge in [-0.1, -0.05) is 12.5 Å². The molecule has 22 heavy (non-hydrogen) atoms. The first-order chi connectivity index (χ1) is 10.5. The Balaban J connectivity index is 1.79. The van der Waals surface area contributed by atoms with Gasteiger partial charge >= 0.3 is 10.2 Å². The van der Waals surface area contributed by atoms with Crippen LogP contribution in [0.4, 0.5) is 5.69 Å². The molecule has 3 rings (SSSR count). The molecular weight excluding hydrogens is 306 g/mol. The first-order valence-electron chi connectivity index (χ1n) is 7.34. The largest absolute Gasteiger partial charge is 0.506 e. The van der Waals surface area contributed by atoms with E-state index in [1.807, 2.05) is 4.72 Å². The molecule has 0 radical (unpaired) electrons. The number of carbonyl (C=O) groups is 1. The third kappa shape index (κ3) is 3.02. The second-order valence-electron chi connectivity index (χ2n) is 5.71. The van der Waals surface area contributed by atoms with Crippen LogP contribution in [0.15, 0.2) is 18.2 Å². The fourth-order valence-electron chi connectivity index (χ4n) is 2.95. The van der Waals surface area contributed by atoms with Gasteiger partial charge in [-0.15, -0.1) is 0 Å². The molecule has 3 N–H and O–H groups in total. The van der Waals surface area contributed by atoms with Crippen LogP contribution >= 0.6 is 0 Å². The fourth-order valence-corrected chi connectivity index (χ4v) is 4.11. The second kappa shape index (κ2) is 5.77. The van der Waals surface area contributed by atoms with Crippen molar-refractivity contribution in [2.75, 3.05) is 17.4 Å². The first kappa shape index (κ1) is 15.1. The van der Waals surface area contributed by atoms with E-state index < -0.39 is 16.1 Å². The lowest BCUT2D eigenvalue weighted by atomic mass is 9.97. The number of aromatic hydroxyl groups is 1. The van der Waals surface area contributed by atoms with Gasteiger partial charge in [-0.3, -0.25) is 4.79 Å². The van der Waals surface area contributed by atoms with E-state index in [1.54, 1.807) is 18.2 Å². The van der Waals surface area contributed by atoms with Gasteiger partial charge in [0, 0.05) is 6.04 Å². The number of nitrogens with zero attached hydrogens (tertiary/aromatic N) is 1. The van der Waals surface area contributed by atoms with Gasteiger partial charge in [0.25, 0.3) is 5.91 Å². The Morgan fingerprint density at radius 2 is 2.14 bits per heavy atom. The van der Waals surface area contributed by atoms with Crippen LogP contribution in [0.5, 0.6) is 5.75 Å². The van der Waals surface area contributed by atoms with E-state index in [4.69, 9.17) is 0 Å². The lowest BCUT2D eigenvalue weighted by molar-refractivity contribution is -0.117. The normalized spacial score (nSPS) is 24.3. The van der Waals surface area contributed by atoms with E-state index in [-0.39, 0.29) is 18.0 Å². The maximum atomic E-state index is 11.8. The number of carbonyl (C=O) groups excluding carboxylic acids is 1. The van der Waals surface area contributed by atoms with E-state index in [0.717, 1.165) is 29.3 Å². The van der Waals surface area contributed by atoms with E-state index >= 15 is 0 Å². The number of piperidine rings is 1. The van der Waals surface area contributed by atoms with Crippen LogP contribution in [0.25, 0.3) is 0 Å². The lowest BCUT2D eigenvalue weighted by Crippen LogP contribution is -2.35. The summed E-state index contributed by atoms with van der Waals surface area (Å²) in [5.74, 6) is -0.733. The van der Waals surface area contributed by atoms with Crippen LogP contribution in [-0.2, 0) is 21.4 Å². The van der Waals surface area contributed by atoms with Gasteiger partial charge in [-0.25, -0.2) is 9.03 Å². The highest BCUT2D eigenvalue weighted by molar-refractivity contribution is 7.92. The van der Waals surface area contributed by atoms with Crippen molar-refractivity contribution < 1.29 is 18.3 Å². The van der Waals surface area contributed by atoms with E-state index in [2.05, 4.69) is 5.32 Å². The highest BCUT2D eigenvalue weighted by Gasteiger charge is 2.35. The molecule has 1 amide bonds.